The fourth-order valence-electron chi connectivity index (χ4n) is 3.93. The molecule has 2 unspecified atom stereocenters. The van der Waals surface area contributed by atoms with Crippen LogP contribution in [-0.2, 0) is 4.74 Å². The summed E-state index contributed by atoms with van der Waals surface area (Å²) in [6, 6.07) is 12.5. The zero-order valence-electron chi connectivity index (χ0n) is 13.2. The third-order valence-corrected chi connectivity index (χ3v) is 4.98. The summed E-state index contributed by atoms with van der Waals surface area (Å²) in [6.45, 7) is 1.40. The number of methoxy groups -OCH3 is 1. The molecule has 2 aromatic carbocycles. The lowest BCUT2D eigenvalue weighted by Gasteiger charge is -2.39. The van der Waals surface area contributed by atoms with E-state index in [9.17, 15) is 4.79 Å². The average Bonchev–Trinajstić information content (AvgIpc) is 2.59. The normalized spacial score (nSPS) is 26.9. The van der Waals surface area contributed by atoms with Crippen LogP contribution in [0.1, 0.15) is 23.2 Å². The maximum atomic E-state index is 13.3. The van der Waals surface area contributed by atoms with Crippen LogP contribution in [-0.4, -0.2) is 38.2 Å². The molecule has 4 nitrogen and oxygen atoms in total. The van der Waals surface area contributed by atoms with Gasteiger partial charge in [0, 0.05) is 18.0 Å². The summed E-state index contributed by atoms with van der Waals surface area (Å²) in [5, 5.41) is 5.61. The first-order valence-electron chi connectivity index (χ1n) is 8.20. The van der Waals surface area contributed by atoms with Gasteiger partial charge in [-0.1, -0.05) is 30.3 Å². The third-order valence-electron chi connectivity index (χ3n) is 4.98. The van der Waals surface area contributed by atoms with Crippen LogP contribution in [0.2, 0.25) is 0 Å². The van der Waals surface area contributed by atoms with Gasteiger partial charge in [0.2, 0.25) is 0 Å². The number of ether oxygens (including phenoxy) is 2. The summed E-state index contributed by atoms with van der Waals surface area (Å²) in [5.74, 6) is 0.917. The summed E-state index contributed by atoms with van der Waals surface area (Å²) >= 11 is 0. The Hall–Kier alpha value is -1.91. The Morgan fingerprint density at radius 3 is 2.61 bits per heavy atom. The third kappa shape index (κ3) is 2.62. The van der Waals surface area contributed by atoms with Gasteiger partial charge >= 0.3 is 0 Å². The molecule has 2 heterocycles. The van der Waals surface area contributed by atoms with Crippen LogP contribution < -0.4 is 10.1 Å². The van der Waals surface area contributed by atoms with Gasteiger partial charge in [-0.25, -0.2) is 0 Å². The van der Waals surface area contributed by atoms with E-state index in [-0.39, 0.29) is 23.8 Å². The van der Waals surface area contributed by atoms with E-state index in [0.717, 1.165) is 29.2 Å². The van der Waals surface area contributed by atoms with Crippen LogP contribution >= 0.6 is 0 Å². The minimum atomic E-state index is 0.0369. The number of carbonyl (C=O) groups excluding carboxylic acids is 1. The predicted molar refractivity (Wildman–Crippen MR) is 89.1 cm³/mol. The summed E-state index contributed by atoms with van der Waals surface area (Å²) in [7, 11) is 1.63. The first kappa shape index (κ1) is 14.7. The highest BCUT2D eigenvalue weighted by atomic mass is 16.5. The Bertz CT molecular complexity index is 730. The molecule has 0 aromatic heterocycles. The van der Waals surface area contributed by atoms with Crippen LogP contribution in [0.5, 0.6) is 5.75 Å². The lowest BCUT2D eigenvalue weighted by Crippen LogP contribution is -2.55. The molecule has 0 saturated carbocycles. The van der Waals surface area contributed by atoms with Gasteiger partial charge in [0.05, 0.1) is 25.9 Å². The number of nitrogens with one attached hydrogen (secondary N) is 1. The van der Waals surface area contributed by atoms with Crippen LogP contribution in [0.4, 0.5) is 0 Å². The Balaban J connectivity index is 1.74. The predicted octanol–water partition coefficient (Wildman–Crippen LogP) is 2.80. The molecule has 1 N–H and O–H groups in total. The van der Waals surface area contributed by atoms with Crippen molar-refractivity contribution < 1.29 is 14.3 Å². The van der Waals surface area contributed by atoms with Crippen LogP contribution in [0.3, 0.4) is 0 Å². The maximum Gasteiger partial charge on any atom is 0.170 e. The molecule has 2 aliphatic rings. The molecule has 2 atom stereocenters. The quantitative estimate of drug-likeness (QED) is 0.886. The highest BCUT2D eigenvalue weighted by molar-refractivity contribution is 6.11. The summed E-state index contributed by atoms with van der Waals surface area (Å²) < 4.78 is 11.1. The van der Waals surface area contributed by atoms with Crippen molar-refractivity contribution >= 4 is 16.6 Å². The average molecular weight is 311 g/mol. The minimum Gasteiger partial charge on any atom is -0.496 e. The molecule has 0 spiro atoms. The molecular weight excluding hydrogens is 290 g/mol. The van der Waals surface area contributed by atoms with Gasteiger partial charge in [-0.15, -0.1) is 0 Å². The van der Waals surface area contributed by atoms with Gasteiger partial charge in [0.1, 0.15) is 5.75 Å². The van der Waals surface area contributed by atoms with Crippen molar-refractivity contribution in [3.05, 3.63) is 42.0 Å². The number of hydrogen-bond donors (Lipinski definition) is 1. The number of morpholine rings is 1. The molecule has 0 aliphatic carbocycles. The van der Waals surface area contributed by atoms with E-state index in [1.165, 1.54) is 0 Å². The zero-order chi connectivity index (χ0) is 15.8. The van der Waals surface area contributed by atoms with Crippen molar-refractivity contribution in [3.8, 4) is 5.75 Å². The number of benzene rings is 2. The molecule has 0 amide bonds. The standard InChI is InChI=1S/C19H21NO3/c1-22-17-7-6-12-4-2-3-5-16(12)18(17)19(21)13-8-14-10-23-11-15(9-13)20-14/h2-7,13-15,20H,8-11H2,1H3. The molecule has 2 aliphatic heterocycles. The van der Waals surface area contributed by atoms with Crippen molar-refractivity contribution in [2.45, 2.75) is 24.9 Å². The first-order valence-corrected chi connectivity index (χ1v) is 8.20. The monoisotopic (exact) mass is 311 g/mol. The van der Waals surface area contributed by atoms with Crippen LogP contribution in [0, 0.1) is 5.92 Å². The number of rotatable bonds is 3. The molecule has 0 radical (unpaired) electrons. The molecule has 4 heteroatoms. The van der Waals surface area contributed by atoms with Crippen molar-refractivity contribution in [2.75, 3.05) is 20.3 Å². The smallest absolute Gasteiger partial charge is 0.170 e. The van der Waals surface area contributed by atoms with Crippen molar-refractivity contribution in [2.24, 2.45) is 5.92 Å². The van der Waals surface area contributed by atoms with E-state index in [0.29, 0.717) is 19.0 Å². The Labute approximate surface area is 135 Å². The SMILES string of the molecule is COc1ccc2ccccc2c1C(=O)C1CC2COCC(C1)N2. The number of ketones is 1. The lowest BCUT2D eigenvalue weighted by molar-refractivity contribution is 0.00952. The van der Waals surface area contributed by atoms with Crippen LogP contribution in [0.25, 0.3) is 10.8 Å². The van der Waals surface area contributed by atoms with Gasteiger partial charge in [-0.3, -0.25) is 4.79 Å². The highest BCUT2D eigenvalue weighted by Gasteiger charge is 2.36. The summed E-state index contributed by atoms with van der Waals surface area (Å²) in [5.41, 5.74) is 0.733. The first-order chi connectivity index (χ1) is 11.3. The zero-order valence-corrected chi connectivity index (χ0v) is 13.2. The number of Topliss-reactive ketones (excluding diaryl/α,β-unsaturated/α-hetero) is 1. The molecule has 120 valence electrons. The van der Waals surface area contributed by atoms with E-state index >= 15 is 0 Å². The number of piperidine rings is 1. The Morgan fingerprint density at radius 2 is 1.87 bits per heavy atom. The molecular formula is C19H21NO3. The fourth-order valence-corrected chi connectivity index (χ4v) is 3.93. The van der Waals surface area contributed by atoms with Crippen LogP contribution in [0.15, 0.2) is 36.4 Å². The Kier molecular flexibility index (Phi) is 3.79. The molecule has 2 saturated heterocycles. The molecule has 4 rings (SSSR count). The number of carbonyl (C=O) groups is 1. The van der Waals surface area contributed by atoms with E-state index < -0.39 is 0 Å². The number of hydrogen-bond acceptors (Lipinski definition) is 4. The molecule has 23 heavy (non-hydrogen) atoms. The summed E-state index contributed by atoms with van der Waals surface area (Å²) in [4.78, 5) is 13.3. The number of fused-ring (bicyclic) bond motifs is 3. The van der Waals surface area contributed by atoms with E-state index in [2.05, 4.69) is 5.32 Å². The molecule has 2 bridgehead atoms. The summed E-state index contributed by atoms with van der Waals surface area (Å²) in [6.07, 6.45) is 1.67. The topological polar surface area (TPSA) is 47.6 Å². The maximum absolute atomic E-state index is 13.3. The highest BCUT2D eigenvalue weighted by Crippen LogP contribution is 2.34. The van der Waals surface area contributed by atoms with Gasteiger partial charge in [0.25, 0.3) is 0 Å². The van der Waals surface area contributed by atoms with Gasteiger partial charge < -0.3 is 14.8 Å². The van der Waals surface area contributed by atoms with E-state index in [4.69, 9.17) is 9.47 Å². The molecule has 2 aromatic rings. The largest absolute Gasteiger partial charge is 0.496 e. The second kappa shape index (κ2) is 5.95. The van der Waals surface area contributed by atoms with Crippen molar-refractivity contribution in [3.63, 3.8) is 0 Å². The van der Waals surface area contributed by atoms with Crippen molar-refractivity contribution in [1.29, 1.82) is 0 Å². The van der Waals surface area contributed by atoms with Gasteiger partial charge in [0.15, 0.2) is 5.78 Å². The van der Waals surface area contributed by atoms with Gasteiger partial charge in [-0.2, -0.15) is 0 Å². The lowest BCUT2D eigenvalue weighted by atomic mass is 9.81. The van der Waals surface area contributed by atoms with Crippen molar-refractivity contribution in [1.82, 2.24) is 5.32 Å². The Morgan fingerprint density at radius 1 is 1.13 bits per heavy atom. The second-order valence-electron chi connectivity index (χ2n) is 6.49. The van der Waals surface area contributed by atoms with Gasteiger partial charge in [-0.05, 0) is 29.7 Å². The molecule has 2 fully saturated rings. The van der Waals surface area contributed by atoms with E-state index in [1.54, 1.807) is 7.11 Å². The fraction of sp³-hybridized carbons (Fsp3) is 0.421. The second-order valence-corrected chi connectivity index (χ2v) is 6.49. The minimum absolute atomic E-state index is 0.0369. The van der Waals surface area contributed by atoms with E-state index in [1.807, 2.05) is 36.4 Å².